The molecule has 2 nitrogen and oxygen atoms in total. The largest absolute Gasteiger partial charge is 0.286 e. The van der Waals surface area contributed by atoms with E-state index in [-0.39, 0.29) is 11.1 Å². The van der Waals surface area contributed by atoms with Crippen molar-refractivity contribution in [2.75, 3.05) is 0 Å². The van der Waals surface area contributed by atoms with E-state index in [2.05, 4.69) is 37.7 Å². The Morgan fingerprint density at radius 3 is 1.00 bits per heavy atom. The number of nitrogens with zero attached hydrogens (tertiary/aromatic N) is 2. The van der Waals surface area contributed by atoms with Crippen molar-refractivity contribution in [1.29, 1.82) is 0 Å². The van der Waals surface area contributed by atoms with Gasteiger partial charge in [0.05, 0.1) is 11.1 Å². The molecule has 0 saturated carbocycles. The molecular weight excluding hydrogens is 172 g/mol. The smallest absolute Gasteiger partial charge is 0.0796 e. The molecule has 2 heteroatoms. The van der Waals surface area contributed by atoms with Crippen LogP contribution >= 0.6 is 0 Å². The molecule has 0 fully saturated rings. The van der Waals surface area contributed by atoms with Crippen LogP contribution in [-0.2, 0) is 0 Å². The van der Waals surface area contributed by atoms with E-state index < -0.39 is 0 Å². The summed E-state index contributed by atoms with van der Waals surface area (Å²) in [5.74, 6) is 0. The molecule has 0 aliphatic carbocycles. The molecule has 82 valence electrons. The SMILES string of the molecule is CC(C)=NC(C)(C)C(C)(C)N=C(C)C. The second-order valence-corrected chi connectivity index (χ2v) is 5.24. The van der Waals surface area contributed by atoms with Crippen LogP contribution in [0.3, 0.4) is 0 Å². The topological polar surface area (TPSA) is 24.7 Å². The molecule has 0 radical (unpaired) electrons. The van der Waals surface area contributed by atoms with Crippen molar-refractivity contribution in [3.63, 3.8) is 0 Å². The van der Waals surface area contributed by atoms with Gasteiger partial charge in [0.1, 0.15) is 0 Å². The van der Waals surface area contributed by atoms with E-state index in [1.807, 2.05) is 27.7 Å². The lowest BCUT2D eigenvalue weighted by molar-refractivity contribution is 0.315. The summed E-state index contributed by atoms with van der Waals surface area (Å²) in [6.45, 7) is 16.6. The normalized spacial score (nSPS) is 12.3. The van der Waals surface area contributed by atoms with Crippen LogP contribution in [0.1, 0.15) is 55.4 Å². The van der Waals surface area contributed by atoms with E-state index >= 15 is 0 Å². The number of hydrogen-bond acceptors (Lipinski definition) is 2. The predicted molar refractivity (Wildman–Crippen MR) is 65.7 cm³/mol. The van der Waals surface area contributed by atoms with Gasteiger partial charge in [0.15, 0.2) is 0 Å². The molecule has 0 aromatic rings. The third kappa shape index (κ3) is 3.60. The Hall–Kier alpha value is -0.660. The van der Waals surface area contributed by atoms with Crippen molar-refractivity contribution in [2.24, 2.45) is 9.98 Å². The van der Waals surface area contributed by atoms with Gasteiger partial charge in [0.25, 0.3) is 0 Å². The third-order valence-electron chi connectivity index (χ3n) is 2.50. The summed E-state index contributed by atoms with van der Waals surface area (Å²) in [5, 5.41) is 0. The second kappa shape index (κ2) is 4.24. The summed E-state index contributed by atoms with van der Waals surface area (Å²) in [5.41, 5.74) is 1.91. The van der Waals surface area contributed by atoms with Crippen LogP contribution in [0.2, 0.25) is 0 Å². The molecule has 0 amide bonds. The summed E-state index contributed by atoms with van der Waals surface area (Å²) in [4.78, 5) is 9.29. The number of rotatable bonds is 3. The average Bonchev–Trinajstić information content (AvgIpc) is 1.78. The van der Waals surface area contributed by atoms with Gasteiger partial charge in [-0.15, -0.1) is 0 Å². The summed E-state index contributed by atoms with van der Waals surface area (Å²) in [7, 11) is 0. The first kappa shape index (κ1) is 13.3. The van der Waals surface area contributed by atoms with Crippen molar-refractivity contribution in [3.8, 4) is 0 Å². The van der Waals surface area contributed by atoms with Crippen LogP contribution in [-0.4, -0.2) is 22.5 Å². The molecule has 0 N–H and O–H groups in total. The molecule has 0 aliphatic heterocycles. The van der Waals surface area contributed by atoms with Crippen molar-refractivity contribution in [3.05, 3.63) is 0 Å². The predicted octanol–water partition coefficient (Wildman–Crippen LogP) is 3.51. The van der Waals surface area contributed by atoms with Crippen LogP contribution in [0.25, 0.3) is 0 Å². The minimum Gasteiger partial charge on any atom is -0.286 e. The van der Waals surface area contributed by atoms with Gasteiger partial charge in [-0.3, -0.25) is 9.98 Å². The Morgan fingerprint density at radius 2 is 0.857 bits per heavy atom. The maximum atomic E-state index is 4.64. The molecule has 0 aliphatic rings. The van der Waals surface area contributed by atoms with Gasteiger partial charge >= 0.3 is 0 Å². The van der Waals surface area contributed by atoms with E-state index in [9.17, 15) is 0 Å². The van der Waals surface area contributed by atoms with Gasteiger partial charge in [-0.1, -0.05) is 0 Å². The van der Waals surface area contributed by atoms with Crippen LogP contribution in [0.4, 0.5) is 0 Å². The zero-order valence-electron chi connectivity index (χ0n) is 10.9. The van der Waals surface area contributed by atoms with Gasteiger partial charge in [-0.05, 0) is 55.4 Å². The van der Waals surface area contributed by atoms with Crippen molar-refractivity contribution >= 4 is 11.4 Å². The maximum Gasteiger partial charge on any atom is 0.0796 e. The van der Waals surface area contributed by atoms with Crippen LogP contribution in [0.15, 0.2) is 9.98 Å². The van der Waals surface area contributed by atoms with E-state index in [0.717, 1.165) is 11.4 Å². The molecule has 0 spiro atoms. The Labute approximate surface area is 88.5 Å². The van der Waals surface area contributed by atoms with Gasteiger partial charge in [-0.25, -0.2) is 0 Å². The van der Waals surface area contributed by atoms with Crippen molar-refractivity contribution < 1.29 is 0 Å². The highest BCUT2D eigenvalue weighted by molar-refractivity contribution is 5.80. The van der Waals surface area contributed by atoms with Gasteiger partial charge < -0.3 is 0 Å². The Morgan fingerprint density at radius 1 is 0.643 bits per heavy atom. The van der Waals surface area contributed by atoms with E-state index in [4.69, 9.17) is 0 Å². The first-order valence-electron chi connectivity index (χ1n) is 5.14. The molecule has 0 aromatic heterocycles. The van der Waals surface area contributed by atoms with Crippen LogP contribution in [0.5, 0.6) is 0 Å². The van der Waals surface area contributed by atoms with E-state index in [0.29, 0.717) is 0 Å². The van der Waals surface area contributed by atoms with Crippen LogP contribution < -0.4 is 0 Å². The Bertz CT molecular complexity index is 221. The molecule has 0 atom stereocenters. The van der Waals surface area contributed by atoms with Crippen molar-refractivity contribution in [2.45, 2.75) is 66.5 Å². The molecule has 14 heavy (non-hydrogen) atoms. The first-order chi connectivity index (χ1) is 6.08. The fourth-order valence-electron chi connectivity index (χ4n) is 1.39. The fourth-order valence-corrected chi connectivity index (χ4v) is 1.39. The minimum atomic E-state index is -0.150. The monoisotopic (exact) mass is 196 g/mol. The molecule has 0 bridgehead atoms. The lowest BCUT2D eigenvalue weighted by Gasteiger charge is -2.36. The molecule has 0 saturated heterocycles. The first-order valence-corrected chi connectivity index (χ1v) is 5.14. The van der Waals surface area contributed by atoms with Gasteiger partial charge in [0.2, 0.25) is 0 Å². The highest BCUT2D eigenvalue weighted by atomic mass is 15.0. The van der Waals surface area contributed by atoms with Crippen molar-refractivity contribution in [1.82, 2.24) is 0 Å². The number of aliphatic imine (C=N–C) groups is 2. The standard InChI is InChI=1S/C12H24N2/c1-9(2)13-11(5,6)12(7,8)14-10(3)4/h1-8H3. The molecule has 0 heterocycles. The maximum absolute atomic E-state index is 4.64. The summed E-state index contributed by atoms with van der Waals surface area (Å²) in [6, 6.07) is 0. The number of hydrogen-bond donors (Lipinski definition) is 0. The summed E-state index contributed by atoms with van der Waals surface area (Å²) in [6.07, 6.45) is 0. The lowest BCUT2D eigenvalue weighted by atomic mass is 9.83. The fraction of sp³-hybridized carbons (Fsp3) is 0.833. The van der Waals surface area contributed by atoms with Gasteiger partial charge in [0, 0.05) is 11.4 Å². The lowest BCUT2D eigenvalue weighted by Crippen LogP contribution is -2.43. The second-order valence-electron chi connectivity index (χ2n) is 5.24. The molecule has 0 rings (SSSR count). The zero-order valence-corrected chi connectivity index (χ0v) is 10.9. The summed E-state index contributed by atoms with van der Waals surface area (Å²) < 4.78 is 0. The Balaban J connectivity index is 5.07. The minimum absolute atomic E-state index is 0.150. The molecular formula is C12H24N2. The zero-order chi connectivity index (χ0) is 11.6. The average molecular weight is 196 g/mol. The van der Waals surface area contributed by atoms with Crippen LogP contribution in [0, 0.1) is 0 Å². The highest BCUT2D eigenvalue weighted by Gasteiger charge is 2.36. The third-order valence-corrected chi connectivity index (χ3v) is 2.50. The van der Waals surface area contributed by atoms with Gasteiger partial charge in [-0.2, -0.15) is 0 Å². The molecule has 0 unspecified atom stereocenters. The quantitative estimate of drug-likeness (QED) is 0.617. The van der Waals surface area contributed by atoms with E-state index in [1.54, 1.807) is 0 Å². The van der Waals surface area contributed by atoms with E-state index in [1.165, 1.54) is 0 Å². The summed E-state index contributed by atoms with van der Waals surface area (Å²) >= 11 is 0. The molecule has 0 aromatic carbocycles. The Kier molecular flexibility index (Phi) is 4.04. The highest BCUT2D eigenvalue weighted by Crippen LogP contribution is 2.29.